The highest BCUT2D eigenvalue weighted by molar-refractivity contribution is 6.33. The molecule has 0 saturated heterocycles. The minimum atomic E-state index is 0.685. The quantitative estimate of drug-likeness (QED) is 0.875. The van der Waals surface area contributed by atoms with E-state index < -0.39 is 0 Å². The van der Waals surface area contributed by atoms with E-state index in [4.69, 9.17) is 11.6 Å². The molecule has 98 valence electrons. The smallest absolute Gasteiger partial charge is 0.0642 e. The highest BCUT2D eigenvalue weighted by atomic mass is 35.5. The molecule has 0 spiro atoms. The second-order valence-electron chi connectivity index (χ2n) is 5.60. The van der Waals surface area contributed by atoms with Gasteiger partial charge in [0, 0.05) is 25.7 Å². The van der Waals surface area contributed by atoms with Gasteiger partial charge in [0.05, 0.1) is 10.7 Å². The Bertz CT molecular complexity index is 425. The summed E-state index contributed by atoms with van der Waals surface area (Å²) in [5.74, 6) is 0. The third-order valence-corrected chi connectivity index (χ3v) is 4.51. The number of benzene rings is 1. The van der Waals surface area contributed by atoms with E-state index in [1.807, 2.05) is 6.07 Å². The molecule has 2 fully saturated rings. The van der Waals surface area contributed by atoms with Crippen LogP contribution in [-0.4, -0.2) is 19.1 Å². The van der Waals surface area contributed by atoms with Crippen molar-refractivity contribution in [1.29, 1.82) is 0 Å². The SMILES string of the molecule is CN(c1c(Cl)cccc1CNC1CC1)C1CCC1. The largest absolute Gasteiger partial charge is 0.370 e. The van der Waals surface area contributed by atoms with Gasteiger partial charge in [0.25, 0.3) is 0 Å². The number of para-hydroxylation sites is 1. The summed E-state index contributed by atoms with van der Waals surface area (Å²) in [6, 6.07) is 7.69. The molecule has 0 aromatic heterocycles. The Morgan fingerprint density at radius 3 is 2.67 bits per heavy atom. The van der Waals surface area contributed by atoms with Crippen LogP contribution < -0.4 is 10.2 Å². The van der Waals surface area contributed by atoms with Crippen molar-refractivity contribution < 1.29 is 0 Å². The summed E-state index contributed by atoms with van der Waals surface area (Å²) in [7, 11) is 2.19. The maximum absolute atomic E-state index is 6.41. The predicted molar refractivity (Wildman–Crippen MR) is 77.4 cm³/mol. The molecule has 2 nitrogen and oxygen atoms in total. The highest BCUT2D eigenvalue weighted by Crippen LogP contribution is 2.35. The zero-order valence-corrected chi connectivity index (χ0v) is 11.7. The molecule has 0 aliphatic heterocycles. The maximum atomic E-state index is 6.41. The fourth-order valence-corrected chi connectivity index (χ4v) is 2.92. The number of nitrogens with one attached hydrogen (secondary N) is 1. The van der Waals surface area contributed by atoms with E-state index >= 15 is 0 Å². The van der Waals surface area contributed by atoms with Crippen molar-refractivity contribution in [3.63, 3.8) is 0 Å². The van der Waals surface area contributed by atoms with E-state index in [2.05, 4.69) is 29.4 Å². The molecule has 2 aliphatic rings. The van der Waals surface area contributed by atoms with Gasteiger partial charge in [0.1, 0.15) is 0 Å². The first-order valence-corrected chi connectivity index (χ1v) is 7.37. The summed E-state index contributed by atoms with van der Waals surface area (Å²) < 4.78 is 0. The average Bonchev–Trinajstić information content (AvgIpc) is 3.07. The van der Waals surface area contributed by atoms with Crippen LogP contribution in [0.25, 0.3) is 0 Å². The Morgan fingerprint density at radius 1 is 1.28 bits per heavy atom. The Kier molecular flexibility index (Phi) is 3.49. The Labute approximate surface area is 114 Å². The van der Waals surface area contributed by atoms with E-state index in [9.17, 15) is 0 Å². The van der Waals surface area contributed by atoms with Crippen molar-refractivity contribution in [1.82, 2.24) is 5.32 Å². The summed E-state index contributed by atoms with van der Waals surface area (Å²) in [5, 5.41) is 4.47. The fourth-order valence-electron chi connectivity index (χ4n) is 2.60. The molecule has 1 aromatic rings. The molecule has 0 radical (unpaired) electrons. The number of halogens is 1. The number of nitrogens with zero attached hydrogens (tertiary/aromatic N) is 1. The maximum Gasteiger partial charge on any atom is 0.0642 e. The van der Waals surface area contributed by atoms with E-state index in [0.29, 0.717) is 6.04 Å². The summed E-state index contributed by atoms with van der Waals surface area (Å²) in [5.41, 5.74) is 2.57. The van der Waals surface area contributed by atoms with Gasteiger partial charge >= 0.3 is 0 Å². The normalized spacial score (nSPS) is 19.7. The summed E-state index contributed by atoms with van der Waals surface area (Å²) in [6.45, 7) is 0.942. The van der Waals surface area contributed by atoms with E-state index in [1.54, 1.807) is 0 Å². The molecule has 1 N–H and O–H groups in total. The molecule has 0 amide bonds. The first-order chi connectivity index (χ1) is 8.75. The van der Waals surface area contributed by atoms with Crippen LogP contribution in [0.4, 0.5) is 5.69 Å². The topological polar surface area (TPSA) is 15.3 Å². The van der Waals surface area contributed by atoms with Gasteiger partial charge < -0.3 is 10.2 Å². The number of anilines is 1. The minimum absolute atomic E-state index is 0.685. The molecular weight excluding hydrogens is 244 g/mol. The van der Waals surface area contributed by atoms with Crippen molar-refractivity contribution in [2.75, 3.05) is 11.9 Å². The molecule has 3 rings (SSSR count). The van der Waals surface area contributed by atoms with Crippen LogP contribution in [-0.2, 0) is 6.54 Å². The summed E-state index contributed by atoms with van der Waals surface area (Å²) in [6.07, 6.45) is 6.62. The molecule has 2 saturated carbocycles. The number of rotatable bonds is 5. The lowest BCUT2D eigenvalue weighted by Gasteiger charge is -2.38. The second kappa shape index (κ2) is 5.10. The highest BCUT2D eigenvalue weighted by Gasteiger charge is 2.26. The Morgan fingerprint density at radius 2 is 2.06 bits per heavy atom. The molecule has 0 unspecified atom stereocenters. The molecule has 2 aliphatic carbocycles. The monoisotopic (exact) mass is 264 g/mol. The van der Waals surface area contributed by atoms with Crippen LogP contribution in [0.2, 0.25) is 5.02 Å². The molecule has 3 heteroatoms. The van der Waals surface area contributed by atoms with Crippen LogP contribution in [0.3, 0.4) is 0 Å². The standard InChI is InChI=1S/C15H21ClN2/c1-18(13-5-3-6-13)15-11(4-2-7-14(15)16)10-17-12-8-9-12/h2,4,7,12-13,17H,3,5-6,8-10H2,1H3. The summed E-state index contributed by atoms with van der Waals surface area (Å²) in [4.78, 5) is 2.38. The lowest BCUT2D eigenvalue weighted by atomic mass is 9.91. The zero-order valence-electron chi connectivity index (χ0n) is 11.0. The molecule has 0 heterocycles. The van der Waals surface area contributed by atoms with E-state index in [0.717, 1.165) is 17.6 Å². The Balaban J connectivity index is 1.79. The Hall–Kier alpha value is -0.730. The van der Waals surface area contributed by atoms with Crippen LogP contribution in [0.5, 0.6) is 0 Å². The van der Waals surface area contributed by atoms with Crippen molar-refractivity contribution in [2.45, 2.75) is 50.7 Å². The minimum Gasteiger partial charge on any atom is -0.370 e. The van der Waals surface area contributed by atoms with Crippen molar-refractivity contribution >= 4 is 17.3 Å². The lowest BCUT2D eigenvalue weighted by Crippen LogP contribution is -2.38. The van der Waals surface area contributed by atoms with Gasteiger partial charge in [0.15, 0.2) is 0 Å². The third-order valence-electron chi connectivity index (χ3n) is 4.20. The van der Waals surface area contributed by atoms with Gasteiger partial charge in [0.2, 0.25) is 0 Å². The van der Waals surface area contributed by atoms with E-state index in [-0.39, 0.29) is 0 Å². The predicted octanol–water partition coefficient (Wildman–Crippen LogP) is 3.58. The first kappa shape index (κ1) is 12.3. The number of hydrogen-bond acceptors (Lipinski definition) is 2. The molecule has 0 bridgehead atoms. The van der Waals surface area contributed by atoms with Crippen LogP contribution >= 0.6 is 11.6 Å². The molecule has 1 aromatic carbocycles. The van der Waals surface area contributed by atoms with Crippen LogP contribution in [0, 0.1) is 0 Å². The molecule has 0 atom stereocenters. The van der Waals surface area contributed by atoms with Crippen LogP contribution in [0.15, 0.2) is 18.2 Å². The van der Waals surface area contributed by atoms with Gasteiger partial charge in [-0.05, 0) is 43.7 Å². The van der Waals surface area contributed by atoms with Gasteiger partial charge in [-0.1, -0.05) is 23.7 Å². The second-order valence-corrected chi connectivity index (χ2v) is 6.01. The van der Waals surface area contributed by atoms with Crippen molar-refractivity contribution in [3.8, 4) is 0 Å². The first-order valence-electron chi connectivity index (χ1n) is 6.99. The lowest BCUT2D eigenvalue weighted by molar-refractivity contribution is 0.400. The molecular formula is C15H21ClN2. The van der Waals surface area contributed by atoms with Crippen LogP contribution in [0.1, 0.15) is 37.7 Å². The fraction of sp³-hybridized carbons (Fsp3) is 0.600. The van der Waals surface area contributed by atoms with Crippen molar-refractivity contribution in [2.24, 2.45) is 0 Å². The van der Waals surface area contributed by atoms with Gasteiger partial charge in [-0.15, -0.1) is 0 Å². The van der Waals surface area contributed by atoms with Gasteiger partial charge in [-0.25, -0.2) is 0 Å². The third kappa shape index (κ3) is 2.50. The van der Waals surface area contributed by atoms with E-state index in [1.165, 1.54) is 43.4 Å². The van der Waals surface area contributed by atoms with Gasteiger partial charge in [-0.3, -0.25) is 0 Å². The zero-order chi connectivity index (χ0) is 12.5. The van der Waals surface area contributed by atoms with Gasteiger partial charge in [-0.2, -0.15) is 0 Å². The average molecular weight is 265 g/mol. The van der Waals surface area contributed by atoms with Crippen molar-refractivity contribution in [3.05, 3.63) is 28.8 Å². The summed E-state index contributed by atoms with van der Waals surface area (Å²) >= 11 is 6.41. The number of hydrogen-bond donors (Lipinski definition) is 1. The molecule has 18 heavy (non-hydrogen) atoms.